The Hall–Kier alpha value is -0.810. The summed E-state index contributed by atoms with van der Waals surface area (Å²) in [7, 11) is 1.60. The van der Waals surface area contributed by atoms with Crippen LogP contribution >= 0.6 is 46.8 Å². The Kier molecular flexibility index (Phi) is 5.15. The number of nitrogens with zero attached hydrogens (tertiary/aromatic N) is 1. The average molecular weight is 365 g/mol. The summed E-state index contributed by atoms with van der Waals surface area (Å²) in [5.41, 5.74) is 2.25. The van der Waals surface area contributed by atoms with Crippen LogP contribution in [0.3, 0.4) is 0 Å². The minimum Gasteiger partial charge on any atom is -0.497 e. The summed E-state index contributed by atoms with van der Waals surface area (Å²) in [6.45, 7) is 1.51. The Morgan fingerprint density at radius 3 is 2.29 bits per heavy atom. The van der Waals surface area contributed by atoms with Crippen LogP contribution in [0, 0.1) is 0 Å². The van der Waals surface area contributed by atoms with Crippen molar-refractivity contribution in [3.05, 3.63) is 42.2 Å². The molecule has 0 unspecified atom stereocenters. The van der Waals surface area contributed by atoms with Crippen molar-refractivity contribution in [3.8, 4) is 16.9 Å². The van der Waals surface area contributed by atoms with Gasteiger partial charge in [-0.2, -0.15) is 0 Å². The molecule has 0 aliphatic rings. The third-order valence-electron chi connectivity index (χ3n) is 2.79. The fourth-order valence-corrected chi connectivity index (χ4v) is 3.16. The number of benzene rings is 1. The van der Waals surface area contributed by atoms with E-state index in [0.29, 0.717) is 5.56 Å². The highest BCUT2D eigenvalue weighted by atomic mass is 35.6. The van der Waals surface area contributed by atoms with Gasteiger partial charge in [-0.25, -0.2) is 0 Å². The molecule has 2 aromatic rings. The largest absolute Gasteiger partial charge is 0.497 e. The first-order valence-corrected chi connectivity index (χ1v) is 7.84. The number of carbonyl (C=O) groups excluding carboxylic acids is 1. The Morgan fingerprint density at radius 1 is 1.19 bits per heavy atom. The number of ether oxygens (including phenoxy) is 1. The highest BCUT2D eigenvalue weighted by Crippen LogP contribution is 2.41. The Morgan fingerprint density at radius 2 is 1.81 bits per heavy atom. The van der Waals surface area contributed by atoms with Gasteiger partial charge >= 0.3 is 0 Å². The normalized spacial score (nSPS) is 11.5. The van der Waals surface area contributed by atoms with Crippen LogP contribution in [-0.4, -0.2) is 20.0 Å². The van der Waals surface area contributed by atoms with E-state index in [2.05, 4.69) is 0 Å². The molecule has 0 atom stereocenters. The monoisotopic (exact) mass is 363 g/mol. The van der Waals surface area contributed by atoms with Crippen LogP contribution in [0.2, 0.25) is 0 Å². The first-order chi connectivity index (χ1) is 9.80. The molecule has 1 aromatic carbocycles. The lowest BCUT2D eigenvalue weighted by Gasteiger charge is -2.09. The summed E-state index contributed by atoms with van der Waals surface area (Å²) < 4.78 is 5.26. The topological polar surface area (TPSA) is 31.2 Å². The van der Waals surface area contributed by atoms with E-state index >= 15 is 0 Å². The van der Waals surface area contributed by atoms with E-state index < -0.39 is 3.12 Å². The molecule has 0 N–H and O–H groups in total. The van der Waals surface area contributed by atoms with Gasteiger partial charge in [0.25, 0.3) is 3.12 Å². The molecule has 0 spiro atoms. The predicted octanol–water partition coefficient (Wildman–Crippen LogP) is 5.19. The number of hydrogen-bond donors (Lipinski definition) is 0. The SMILES string of the molecule is COc1ccc(-c2cn(SC(Cl)(Cl)Cl)cc2C(C)=O)cc1. The molecule has 2 rings (SSSR count). The lowest BCUT2D eigenvalue weighted by Crippen LogP contribution is -1.98. The third-order valence-corrected chi connectivity index (χ3v) is 4.04. The number of ketones is 1. The number of alkyl halides is 3. The van der Waals surface area contributed by atoms with E-state index in [1.54, 1.807) is 23.5 Å². The number of aromatic nitrogens is 1. The minimum absolute atomic E-state index is 0.0514. The van der Waals surface area contributed by atoms with Gasteiger partial charge in [-0.05, 0) is 24.6 Å². The van der Waals surface area contributed by atoms with Crippen molar-refractivity contribution in [2.45, 2.75) is 10.0 Å². The second-order valence-electron chi connectivity index (χ2n) is 4.27. The van der Waals surface area contributed by atoms with Gasteiger partial charge in [-0.15, -0.1) is 0 Å². The Balaban J connectivity index is 2.43. The fraction of sp³-hybridized carbons (Fsp3) is 0.214. The maximum atomic E-state index is 11.8. The Labute approximate surface area is 142 Å². The van der Waals surface area contributed by atoms with E-state index in [1.807, 2.05) is 24.3 Å². The van der Waals surface area contributed by atoms with E-state index in [9.17, 15) is 4.79 Å². The molecule has 3 nitrogen and oxygen atoms in total. The quantitative estimate of drug-likeness (QED) is 0.552. The van der Waals surface area contributed by atoms with Crippen molar-refractivity contribution in [2.24, 2.45) is 0 Å². The van der Waals surface area contributed by atoms with Gasteiger partial charge in [0.1, 0.15) is 5.75 Å². The van der Waals surface area contributed by atoms with Gasteiger partial charge in [0.05, 0.1) is 7.11 Å². The van der Waals surface area contributed by atoms with Crippen molar-refractivity contribution in [2.75, 3.05) is 7.11 Å². The standard InChI is InChI=1S/C14H12Cl3NO2S/c1-9(19)12-7-18(21-14(15,16)17)8-13(12)10-3-5-11(20-2)6-4-10/h3-8H,1-2H3. The highest BCUT2D eigenvalue weighted by molar-refractivity contribution is 8.03. The van der Waals surface area contributed by atoms with Crippen LogP contribution in [0.15, 0.2) is 36.7 Å². The molecule has 7 heteroatoms. The van der Waals surface area contributed by atoms with Crippen molar-refractivity contribution in [3.63, 3.8) is 0 Å². The van der Waals surface area contributed by atoms with E-state index in [4.69, 9.17) is 39.5 Å². The van der Waals surface area contributed by atoms with Crippen LogP contribution in [-0.2, 0) is 0 Å². The summed E-state index contributed by atoms with van der Waals surface area (Å²) in [5, 5.41) is 0. The Bertz CT molecular complexity index is 647. The zero-order valence-corrected chi connectivity index (χ0v) is 14.4. The number of methoxy groups -OCH3 is 1. The minimum atomic E-state index is -1.50. The molecule has 1 aromatic heterocycles. The smallest absolute Gasteiger partial charge is 0.256 e. The second-order valence-corrected chi connectivity index (χ2v) is 8.44. The highest BCUT2D eigenvalue weighted by Gasteiger charge is 2.23. The summed E-state index contributed by atoms with van der Waals surface area (Å²) in [4.78, 5) is 11.8. The first kappa shape index (κ1) is 16.6. The van der Waals surface area contributed by atoms with E-state index in [0.717, 1.165) is 28.8 Å². The summed E-state index contributed by atoms with van der Waals surface area (Å²) in [6.07, 6.45) is 3.43. The molecule has 0 radical (unpaired) electrons. The maximum Gasteiger partial charge on any atom is 0.256 e. The molecule has 1 heterocycles. The molecular formula is C14H12Cl3NO2S. The zero-order chi connectivity index (χ0) is 15.6. The zero-order valence-electron chi connectivity index (χ0n) is 11.3. The van der Waals surface area contributed by atoms with Crippen molar-refractivity contribution in [1.82, 2.24) is 3.97 Å². The second kappa shape index (κ2) is 6.53. The van der Waals surface area contributed by atoms with Crippen LogP contribution in [0.4, 0.5) is 0 Å². The van der Waals surface area contributed by atoms with Gasteiger partial charge in [0, 0.05) is 35.5 Å². The molecule has 0 fully saturated rings. The number of halogens is 3. The number of carbonyl (C=O) groups is 1. The van der Waals surface area contributed by atoms with Crippen LogP contribution in [0.5, 0.6) is 5.75 Å². The lowest BCUT2D eigenvalue weighted by molar-refractivity contribution is 0.101. The third kappa shape index (κ3) is 4.33. The number of hydrogen-bond acceptors (Lipinski definition) is 3. The molecular weight excluding hydrogens is 353 g/mol. The molecule has 0 saturated heterocycles. The van der Waals surface area contributed by atoms with Gasteiger partial charge in [0.15, 0.2) is 5.78 Å². The van der Waals surface area contributed by atoms with Crippen LogP contribution in [0.25, 0.3) is 11.1 Å². The summed E-state index contributed by atoms with van der Waals surface area (Å²) in [5.74, 6) is 0.697. The lowest BCUT2D eigenvalue weighted by atomic mass is 10.0. The molecule has 0 bridgehead atoms. The van der Waals surface area contributed by atoms with Crippen molar-refractivity contribution in [1.29, 1.82) is 0 Å². The van der Waals surface area contributed by atoms with E-state index in [-0.39, 0.29) is 5.78 Å². The molecule has 0 saturated carbocycles. The first-order valence-electron chi connectivity index (χ1n) is 5.94. The van der Waals surface area contributed by atoms with Crippen LogP contribution < -0.4 is 4.74 Å². The van der Waals surface area contributed by atoms with E-state index in [1.165, 1.54) is 6.92 Å². The number of rotatable bonds is 4. The van der Waals surface area contributed by atoms with Gasteiger partial charge < -0.3 is 4.74 Å². The van der Waals surface area contributed by atoms with Gasteiger partial charge in [-0.1, -0.05) is 46.9 Å². The molecule has 0 aliphatic heterocycles. The molecule has 21 heavy (non-hydrogen) atoms. The molecule has 0 aliphatic carbocycles. The molecule has 112 valence electrons. The molecule has 0 amide bonds. The fourth-order valence-electron chi connectivity index (χ4n) is 1.88. The summed E-state index contributed by atoms with van der Waals surface area (Å²) in [6, 6.07) is 7.42. The summed E-state index contributed by atoms with van der Waals surface area (Å²) >= 11 is 18.3. The van der Waals surface area contributed by atoms with Gasteiger partial charge in [-0.3, -0.25) is 8.77 Å². The maximum absolute atomic E-state index is 11.8. The van der Waals surface area contributed by atoms with Crippen molar-refractivity contribution < 1.29 is 9.53 Å². The number of Topliss-reactive ketones (excluding diaryl/α,β-unsaturated/α-hetero) is 1. The predicted molar refractivity (Wildman–Crippen MR) is 89.7 cm³/mol. The van der Waals surface area contributed by atoms with Crippen LogP contribution in [0.1, 0.15) is 17.3 Å². The van der Waals surface area contributed by atoms with Crippen molar-refractivity contribution >= 4 is 52.5 Å². The van der Waals surface area contributed by atoms with Gasteiger partial charge in [0.2, 0.25) is 0 Å². The average Bonchev–Trinajstić information content (AvgIpc) is 2.80.